The minimum atomic E-state index is -0.478. The minimum absolute atomic E-state index is 0.00450. The van der Waals surface area contributed by atoms with Crippen LogP contribution in [0, 0.1) is 23.0 Å². The first-order valence-corrected chi connectivity index (χ1v) is 7.29. The van der Waals surface area contributed by atoms with Crippen LogP contribution in [0.1, 0.15) is 37.0 Å². The Morgan fingerprint density at radius 2 is 2.04 bits per heavy atom. The van der Waals surface area contributed by atoms with Crippen LogP contribution in [0.5, 0.6) is 0 Å². The van der Waals surface area contributed by atoms with Crippen molar-refractivity contribution in [1.29, 1.82) is 0 Å². The smallest absolute Gasteiger partial charge is 0.273 e. The molecule has 1 N–H and O–H groups in total. The van der Waals surface area contributed by atoms with Crippen molar-refractivity contribution in [2.24, 2.45) is 5.92 Å². The molecular weight excluding hydrogens is 298 g/mol. The highest BCUT2D eigenvalue weighted by molar-refractivity contribution is 5.93. The van der Waals surface area contributed by atoms with Crippen LogP contribution < -0.4 is 5.32 Å². The highest BCUT2D eigenvalue weighted by Crippen LogP contribution is 2.18. The van der Waals surface area contributed by atoms with Gasteiger partial charge in [-0.3, -0.25) is 14.9 Å². The Kier molecular flexibility index (Phi) is 4.73. The number of nitro groups is 1. The number of nitrogens with zero attached hydrogens (tertiary/aromatic N) is 4. The molecule has 0 fully saturated rings. The van der Waals surface area contributed by atoms with Gasteiger partial charge >= 0.3 is 0 Å². The van der Waals surface area contributed by atoms with Gasteiger partial charge in [0, 0.05) is 18.2 Å². The van der Waals surface area contributed by atoms with Crippen molar-refractivity contribution in [3.05, 3.63) is 45.8 Å². The lowest BCUT2D eigenvalue weighted by molar-refractivity contribution is -0.384. The molecule has 2 rings (SSSR count). The van der Waals surface area contributed by atoms with Gasteiger partial charge in [0.25, 0.3) is 11.6 Å². The summed E-state index contributed by atoms with van der Waals surface area (Å²) in [5, 5.41) is 21.6. The molecule has 0 aliphatic rings. The molecule has 1 aromatic heterocycles. The number of carbonyl (C=O) groups is 1. The highest BCUT2D eigenvalue weighted by Gasteiger charge is 2.20. The third-order valence-electron chi connectivity index (χ3n) is 3.75. The van der Waals surface area contributed by atoms with Gasteiger partial charge in [-0.2, -0.15) is 0 Å². The zero-order valence-electron chi connectivity index (χ0n) is 13.5. The fourth-order valence-corrected chi connectivity index (χ4v) is 1.96. The van der Waals surface area contributed by atoms with Gasteiger partial charge in [0.15, 0.2) is 5.69 Å². The molecule has 1 amide bonds. The Hall–Kier alpha value is -2.77. The Labute approximate surface area is 133 Å². The molecule has 1 atom stereocenters. The number of nitro benzene ring substituents is 1. The zero-order valence-corrected chi connectivity index (χ0v) is 13.5. The molecule has 0 bridgehead atoms. The van der Waals surface area contributed by atoms with Gasteiger partial charge in [-0.25, -0.2) is 4.68 Å². The fourth-order valence-electron chi connectivity index (χ4n) is 1.96. The maximum atomic E-state index is 12.3. The number of carbonyl (C=O) groups excluding carboxylic acids is 1. The summed E-state index contributed by atoms with van der Waals surface area (Å²) in [6.07, 6.45) is 0. The van der Waals surface area contributed by atoms with Crippen LogP contribution in [0.2, 0.25) is 0 Å². The second kappa shape index (κ2) is 6.55. The van der Waals surface area contributed by atoms with Crippen molar-refractivity contribution < 1.29 is 9.72 Å². The fraction of sp³-hybridized carbons (Fsp3) is 0.400. The Morgan fingerprint density at radius 1 is 1.35 bits per heavy atom. The maximum Gasteiger partial charge on any atom is 0.273 e. The van der Waals surface area contributed by atoms with Gasteiger partial charge in [0.05, 0.1) is 16.3 Å². The number of hydrogen-bond donors (Lipinski definition) is 1. The van der Waals surface area contributed by atoms with Crippen molar-refractivity contribution in [3.8, 4) is 5.69 Å². The average Bonchev–Trinajstić information content (AvgIpc) is 2.88. The van der Waals surface area contributed by atoms with E-state index in [1.165, 1.54) is 16.8 Å². The van der Waals surface area contributed by atoms with Crippen LogP contribution in [-0.2, 0) is 0 Å². The topological polar surface area (TPSA) is 103 Å². The van der Waals surface area contributed by atoms with E-state index in [9.17, 15) is 14.9 Å². The second-order valence-corrected chi connectivity index (χ2v) is 5.72. The number of rotatable bonds is 5. The van der Waals surface area contributed by atoms with Crippen LogP contribution in [0.3, 0.4) is 0 Å². The quantitative estimate of drug-likeness (QED) is 0.673. The van der Waals surface area contributed by atoms with E-state index in [0.29, 0.717) is 17.3 Å². The van der Waals surface area contributed by atoms with Gasteiger partial charge in [-0.1, -0.05) is 25.1 Å². The normalized spacial score (nSPS) is 12.2. The first-order valence-electron chi connectivity index (χ1n) is 7.29. The summed E-state index contributed by atoms with van der Waals surface area (Å²) in [5.74, 6) is -0.00791. The second-order valence-electron chi connectivity index (χ2n) is 5.72. The van der Waals surface area contributed by atoms with E-state index in [0.717, 1.165) is 0 Å². The summed E-state index contributed by atoms with van der Waals surface area (Å²) in [6, 6.07) is 6.03. The molecule has 2 aromatic rings. The standard InChI is InChI=1S/C15H19N5O3/c1-9(2)10(3)16-15(21)14-11(4)19(18-17-14)12-6-5-7-13(8-12)20(22)23/h5-10H,1-4H3,(H,16,21). The first kappa shape index (κ1) is 16.6. The van der Waals surface area contributed by atoms with Crippen molar-refractivity contribution in [2.45, 2.75) is 33.7 Å². The van der Waals surface area contributed by atoms with Gasteiger partial charge in [0.2, 0.25) is 0 Å². The van der Waals surface area contributed by atoms with Crippen LogP contribution in [-0.4, -0.2) is 31.9 Å². The van der Waals surface area contributed by atoms with E-state index in [4.69, 9.17) is 0 Å². The van der Waals surface area contributed by atoms with E-state index < -0.39 is 4.92 Å². The minimum Gasteiger partial charge on any atom is -0.348 e. The van der Waals surface area contributed by atoms with Gasteiger partial charge < -0.3 is 5.32 Å². The molecular formula is C15H19N5O3. The summed E-state index contributed by atoms with van der Waals surface area (Å²) < 4.78 is 1.42. The molecule has 1 unspecified atom stereocenters. The van der Waals surface area contributed by atoms with Crippen molar-refractivity contribution in [3.63, 3.8) is 0 Å². The van der Waals surface area contributed by atoms with Gasteiger partial charge in [0.1, 0.15) is 0 Å². The molecule has 8 nitrogen and oxygen atoms in total. The lowest BCUT2D eigenvalue weighted by Crippen LogP contribution is -2.36. The van der Waals surface area contributed by atoms with E-state index in [1.807, 2.05) is 20.8 Å². The molecule has 0 aliphatic carbocycles. The Morgan fingerprint density at radius 3 is 2.65 bits per heavy atom. The van der Waals surface area contributed by atoms with Gasteiger partial charge in [-0.05, 0) is 25.8 Å². The van der Waals surface area contributed by atoms with Crippen LogP contribution in [0.4, 0.5) is 5.69 Å². The number of hydrogen-bond acceptors (Lipinski definition) is 5. The summed E-state index contributed by atoms with van der Waals surface area (Å²) in [7, 11) is 0. The SMILES string of the molecule is Cc1c(C(=O)NC(C)C(C)C)nnn1-c1cccc([N+](=O)[O-])c1. The largest absolute Gasteiger partial charge is 0.348 e. The monoisotopic (exact) mass is 317 g/mol. The molecule has 0 saturated carbocycles. The molecule has 23 heavy (non-hydrogen) atoms. The first-order chi connectivity index (χ1) is 10.8. The van der Waals surface area contributed by atoms with Gasteiger partial charge in [-0.15, -0.1) is 5.10 Å². The third-order valence-corrected chi connectivity index (χ3v) is 3.75. The average molecular weight is 317 g/mol. The summed E-state index contributed by atoms with van der Waals surface area (Å²) >= 11 is 0. The predicted molar refractivity (Wildman–Crippen MR) is 84.5 cm³/mol. The molecule has 0 radical (unpaired) electrons. The highest BCUT2D eigenvalue weighted by atomic mass is 16.6. The molecule has 0 aliphatic heterocycles. The van der Waals surface area contributed by atoms with E-state index in [1.54, 1.807) is 19.1 Å². The van der Waals surface area contributed by atoms with Crippen LogP contribution in [0.25, 0.3) is 5.69 Å². The summed E-state index contributed by atoms with van der Waals surface area (Å²) in [6.45, 7) is 7.65. The number of amides is 1. The van der Waals surface area contributed by atoms with Crippen molar-refractivity contribution in [2.75, 3.05) is 0 Å². The maximum absolute atomic E-state index is 12.3. The van der Waals surface area contributed by atoms with Crippen LogP contribution >= 0.6 is 0 Å². The molecule has 0 saturated heterocycles. The number of aromatic nitrogens is 3. The summed E-state index contributed by atoms with van der Waals surface area (Å²) in [4.78, 5) is 22.7. The van der Waals surface area contributed by atoms with E-state index in [-0.39, 0.29) is 23.3 Å². The zero-order chi connectivity index (χ0) is 17.1. The van der Waals surface area contributed by atoms with E-state index >= 15 is 0 Å². The van der Waals surface area contributed by atoms with Crippen LogP contribution in [0.15, 0.2) is 24.3 Å². The Bertz CT molecular complexity index is 738. The third kappa shape index (κ3) is 3.53. The Balaban J connectivity index is 2.31. The molecule has 122 valence electrons. The predicted octanol–water partition coefficient (Wildman–Crippen LogP) is 2.26. The number of nitrogens with one attached hydrogen (secondary N) is 1. The molecule has 8 heteroatoms. The lowest BCUT2D eigenvalue weighted by Gasteiger charge is -2.16. The van der Waals surface area contributed by atoms with Crippen molar-refractivity contribution >= 4 is 11.6 Å². The number of non-ortho nitro benzene ring substituents is 1. The lowest BCUT2D eigenvalue weighted by atomic mass is 10.1. The molecule has 1 heterocycles. The molecule has 1 aromatic carbocycles. The van der Waals surface area contributed by atoms with Crippen molar-refractivity contribution in [1.82, 2.24) is 20.3 Å². The molecule has 0 spiro atoms. The number of benzene rings is 1. The van der Waals surface area contributed by atoms with E-state index in [2.05, 4.69) is 15.6 Å². The summed E-state index contributed by atoms with van der Waals surface area (Å²) in [5.41, 5.74) is 1.18.